The lowest BCUT2D eigenvalue weighted by Gasteiger charge is -2.44. The molecule has 0 aliphatic carbocycles. The molecular formula is C23H30O4Si. The Kier molecular flexibility index (Phi) is 6.53. The Morgan fingerprint density at radius 3 is 1.93 bits per heavy atom. The van der Waals surface area contributed by atoms with Crippen molar-refractivity contribution >= 4 is 18.7 Å². The van der Waals surface area contributed by atoms with Gasteiger partial charge in [-0.15, -0.1) is 0 Å². The van der Waals surface area contributed by atoms with Gasteiger partial charge in [0, 0.05) is 7.11 Å². The molecule has 1 N–H and O–H groups in total. The average Bonchev–Trinajstić information content (AvgIpc) is 2.70. The van der Waals surface area contributed by atoms with Crippen molar-refractivity contribution in [3.63, 3.8) is 0 Å². The van der Waals surface area contributed by atoms with Crippen molar-refractivity contribution in [3.05, 3.63) is 72.8 Å². The van der Waals surface area contributed by atoms with Gasteiger partial charge in [0.1, 0.15) is 12.2 Å². The minimum atomic E-state index is -2.65. The maximum Gasteiger partial charge on any atom is 0.261 e. The topological polar surface area (TPSA) is 47.9 Å². The van der Waals surface area contributed by atoms with Crippen LogP contribution in [0, 0.1) is 0 Å². The van der Waals surface area contributed by atoms with E-state index in [1.165, 1.54) is 10.4 Å². The van der Waals surface area contributed by atoms with E-state index in [9.17, 15) is 5.11 Å². The van der Waals surface area contributed by atoms with Gasteiger partial charge in [-0.25, -0.2) is 0 Å². The molecule has 0 aromatic heterocycles. The Bertz CT molecular complexity index is 731. The van der Waals surface area contributed by atoms with E-state index in [1.54, 1.807) is 19.3 Å². The summed E-state index contributed by atoms with van der Waals surface area (Å²) in [6.07, 6.45) is 1.79. The van der Waals surface area contributed by atoms with Crippen LogP contribution in [-0.2, 0) is 13.9 Å². The Morgan fingerprint density at radius 2 is 1.46 bits per heavy atom. The van der Waals surface area contributed by atoms with Crippen LogP contribution in [0.5, 0.6) is 0 Å². The van der Waals surface area contributed by atoms with E-state index in [1.807, 2.05) is 12.1 Å². The SMILES string of the molecule is CO[C@@H]1C=C[C@H](O)[C@@H](CO[Si](c2ccccc2)(c2ccccc2)C(C)(C)C)O1. The van der Waals surface area contributed by atoms with Gasteiger partial charge in [-0.05, 0) is 21.5 Å². The zero-order valence-corrected chi connectivity index (χ0v) is 18.0. The minimum absolute atomic E-state index is 0.119. The van der Waals surface area contributed by atoms with Crippen LogP contribution in [0.2, 0.25) is 5.04 Å². The van der Waals surface area contributed by atoms with Crippen molar-refractivity contribution in [2.75, 3.05) is 13.7 Å². The van der Waals surface area contributed by atoms with Crippen LogP contribution in [0.25, 0.3) is 0 Å². The molecule has 0 amide bonds. The van der Waals surface area contributed by atoms with Crippen LogP contribution in [-0.4, -0.2) is 45.6 Å². The molecule has 0 unspecified atom stereocenters. The Morgan fingerprint density at radius 1 is 0.929 bits per heavy atom. The second kappa shape index (κ2) is 8.72. The van der Waals surface area contributed by atoms with Crippen molar-refractivity contribution in [1.82, 2.24) is 0 Å². The number of rotatable bonds is 6. The van der Waals surface area contributed by atoms with Gasteiger partial charge in [0.2, 0.25) is 0 Å². The van der Waals surface area contributed by atoms with E-state index in [4.69, 9.17) is 13.9 Å². The Labute approximate surface area is 168 Å². The van der Waals surface area contributed by atoms with Crippen LogP contribution in [0.15, 0.2) is 72.8 Å². The molecule has 1 heterocycles. The zero-order valence-electron chi connectivity index (χ0n) is 17.0. The molecule has 28 heavy (non-hydrogen) atoms. The number of methoxy groups -OCH3 is 1. The summed E-state index contributed by atoms with van der Waals surface area (Å²) < 4.78 is 18.0. The molecule has 0 bridgehead atoms. The van der Waals surface area contributed by atoms with Crippen LogP contribution >= 0.6 is 0 Å². The van der Waals surface area contributed by atoms with Crippen LogP contribution < -0.4 is 10.4 Å². The smallest absolute Gasteiger partial charge is 0.261 e. The normalized spacial score (nSPS) is 23.0. The molecule has 3 rings (SSSR count). The fourth-order valence-electron chi connectivity index (χ4n) is 3.87. The quantitative estimate of drug-likeness (QED) is 0.600. The van der Waals surface area contributed by atoms with Gasteiger partial charge in [0.05, 0.1) is 6.61 Å². The highest BCUT2D eigenvalue weighted by molar-refractivity contribution is 6.99. The van der Waals surface area contributed by atoms with E-state index < -0.39 is 26.8 Å². The maximum atomic E-state index is 10.4. The molecule has 3 atom stereocenters. The first-order valence-electron chi connectivity index (χ1n) is 9.68. The number of ether oxygens (including phenoxy) is 2. The zero-order chi connectivity index (χ0) is 20.2. The van der Waals surface area contributed by atoms with E-state index in [0.29, 0.717) is 6.61 Å². The molecule has 0 spiro atoms. The molecular weight excluding hydrogens is 368 g/mol. The molecule has 1 aliphatic rings. The molecule has 0 fully saturated rings. The first kappa shape index (κ1) is 21.0. The summed E-state index contributed by atoms with van der Waals surface area (Å²) in [4.78, 5) is 0. The van der Waals surface area contributed by atoms with E-state index >= 15 is 0 Å². The Balaban J connectivity index is 2.00. The molecule has 4 nitrogen and oxygen atoms in total. The van der Waals surface area contributed by atoms with Crippen LogP contribution in [0.1, 0.15) is 20.8 Å². The van der Waals surface area contributed by atoms with E-state index in [-0.39, 0.29) is 5.04 Å². The molecule has 1 aliphatic heterocycles. The first-order valence-corrected chi connectivity index (χ1v) is 11.6. The predicted molar refractivity (Wildman–Crippen MR) is 114 cm³/mol. The van der Waals surface area contributed by atoms with Crippen molar-refractivity contribution in [3.8, 4) is 0 Å². The van der Waals surface area contributed by atoms with Gasteiger partial charge < -0.3 is 19.0 Å². The summed E-state index contributed by atoms with van der Waals surface area (Å²) in [7, 11) is -1.06. The van der Waals surface area contributed by atoms with Crippen molar-refractivity contribution in [2.45, 2.75) is 44.3 Å². The predicted octanol–water partition coefficient (Wildman–Crippen LogP) is 2.85. The summed E-state index contributed by atoms with van der Waals surface area (Å²) in [5.41, 5.74) is 0. The lowest BCUT2D eigenvalue weighted by Crippen LogP contribution is -2.67. The van der Waals surface area contributed by atoms with Crippen molar-refractivity contribution in [1.29, 1.82) is 0 Å². The average molecular weight is 399 g/mol. The number of benzene rings is 2. The standard InChI is InChI=1S/C23H30O4Si/c1-23(2,3)28(18-11-7-5-8-12-18,19-13-9-6-10-14-19)26-17-21-20(24)15-16-22(25-4)27-21/h5-16,20-22,24H,17H2,1-4H3/t20-,21+,22-/m0/s1. The summed E-state index contributed by atoms with van der Waals surface area (Å²) in [5.74, 6) is 0. The third-order valence-electron chi connectivity index (χ3n) is 5.27. The molecule has 0 radical (unpaired) electrons. The third-order valence-corrected chi connectivity index (χ3v) is 10.3. The number of aliphatic hydroxyl groups excluding tert-OH is 1. The first-order chi connectivity index (χ1) is 13.4. The molecule has 0 saturated heterocycles. The monoisotopic (exact) mass is 398 g/mol. The van der Waals surface area contributed by atoms with Crippen molar-refractivity contribution in [2.24, 2.45) is 0 Å². The molecule has 150 valence electrons. The lowest BCUT2D eigenvalue weighted by molar-refractivity contribution is -0.166. The fourth-order valence-corrected chi connectivity index (χ4v) is 8.44. The molecule has 2 aromatic carbocycles. The van der Waals surface area contributed by atoms with Crippen LogP contribution in [0.3, 0.4) is 0 Å². The Hall–Kier alpha value is -1.76. The highest BCUT2D eigenvalue weighted by Crippen LogP contribution is 2.37. The highest BCUT2D eigenvalue weighted by Gasteiger charge is 2.50. The minimum Gasteiger partial charge on any atom is -0.405 e. The molecule has 2 aromatic rings. The van der Waals surface area contributed by atoms with Crippen molar-refractivity contribution < 1.29 is 19.0 Å². The van der Waals surface area contributed by atoms with Gasteiger partial charge in [0.25, 0.3) is 8.32 Å². The summed E-state index contributed by atoms with van der Waals surface area (Å²) in [6.45, 7) is 6.98. The second-order valence-corrected chi connectivity index (χ2v) is 12.4. The molecule has 0 saturated carbocycles. The fraction of sp³-hybridized carbons (Fsp3) is 0.391. The highest BCUT2D eigenvalue weighted by atomic mass is 28.4. The van der Waals surface area contributed by atoms with E-state index in [0.717, 1.165) is 0 Å². The summed E-state index contributed by atoms with van der Waals surface area (Å²) in [5, 5.41) is 12.7. The van der Waals surface area contributed by atoms with Crippen LogP contribution in [0.4, 0.5) is 0 Å². The van der Waals surface area contributed by atoms with Gasteiger partial charge in [-0.2, -0.15) is 0 Å². The van der Waals surface area contributed by atoms with Gasteiger partial charge in [-0.3, -0.25) is 0 Å². The lowest BCUT2D eigenvalue weighted by atomic mass is 10.1. The number of hydrogen-bond acceptors (Lipinski definition) is 4. The number of aliphatic hydroxyl groups is 1. The maximum absolute atomic E-state index is 10.4. The summed E-state index contributed by atoms with van der Waals surface area (Å²) in [6, 6.07) is 20.9. The van der Waals surface area contributed by atoms with E-state index in [2.05, 4.69) is 69.3 Å². The number of hydrogen-bond donors (Lipinski definition) is 1. The second-order valence-electron chi connectivity index (χ2n) is 8.13. The van der Waals surface area contributed by atoms with Gasteiger partial charge >= 0.3 is 0 Å². The van der Waals surface area contributed by atoms with Gasteiger partial charge in [0.15, 0.2) is 6.29 Å². The molecule has 5 heteroatoms. The largest absolute Gasteiger partial charge is 0.405 e. The summed E-state index contributed by atoms with van der Waals surface area (Å²) >= 11 is 0. The third kappa shape index (κ3) is 4.14. The van der Waals surface area contributed by atoms with Gasteiger partial charge in [-0.1, -0.05) is 87.5 Å².